The molecular weight excluding hydrogens is 216 g/mol. The topological polar surface area (TPSA) is 38.9 Å². The minimum atomic E-state index is 0.716. The molecule has 0 radical (unpaired) electrons. The Labute approximate surface area is 78.5 Å². The summed E-state index contributed by atoms with van der Waals surface area (Å²) in [6.45, 7) is 0. The fraction of sp³-hybridized carbons (Fsp3) is 0. The van der Waals surface area contributed by atoms with Gasteiger partial charge in [-0.3, -0.25) is 4.98 Å². The molecule has 12 heavy (non-hydrogen) atoms. The Morgan fingerprint density at radius 3 is 2.92 bits per heavy atom. The van der Waals surface area contributed by atoms with E-state index in [1.165, 1.54) is 0 Å². The Hall–Kier alpha value is -1.09. The highest BCUT2D eigenvalue weighted by Gasteiger charge is 1.97. The van der Waals surface area contributed by atoms with Crippen LogP contribution in [0, 0.1) is 0 Å². The van der Waals surface area contributed by atoms with Crippen LogP contribution in [-0.4, -0.2) is 4.98 Å². The summed E-state index contributed by atoms with van der Waals surface area (Å²) in [6, 6.07) is 5.96. The average Bonchev–Trinajstić information content (AvgIpc) is 2.07. The third-order valence-corrected chi connectivity index (χ3v) is 2.25. The van der Waals surface area contributed by atoms with Gasteiger partial charge in [-0.05, 0) is 12.1 Å². The van der Waals surface area contributed by atoms with Crippen LogP contribution >= 0.6 is 15.9 Å². The number of fused-ring (bicyclic) bond motifs is 1. The number of hydrogen-bond donors (Lipinski definition) is 1. The van der Waals surface area contributed by atoms with Gasteiger partial charge in [0.1, 0.15) is 0 Å². The number of nitrogens with two attached hydrogens (primary N) is 1. The van der Waals surface area contributed by atoms with Crippen LogP contribution in [0.3, 0.4) is 0 Å². The van der Waals surface area contributed by atoms with E-state index in [0.29, 0.717) is 5.69 Å². The molecule has 1 aromatic heterocycles. The molecule has 0 saturated carbocycles. The summed E-state index contributed by atoms with van der Waals surface area (Å²) in [5, 5.41) is 2.11. The van der Waals surface area contributed by atoms with Gasteiger partial charge < -0.3 is 5.73 Å². The van der Waals surface area contributed by atoms with E-state index in [1.54, 1.807) is 12.4 Å². The van der Waals surface area contributed by atoms with Crippen LogP contribution in [-0.2, 0) is 0 Å². The van der Waals surface area contributed by atoms with Gasteiger partial charge >= 0.3 is 0 Å². The summed E-state index contributed by atoms with van der Waals surface area (Å²) < 4.78 is 1.04. The molecule has 2 nitrogen and oxygen atoms in total. The number of pyridine rings is 1. The zero-order chi connectivity index (χ0) is 8.55. The summed E-state index contributed by atoms with van der Waals surface area (Å²) in [4.78, 5) is 4.00. The van der Waals surface area contributed by atoms with E-state index >= 15 is 0 Å². The predicted octanol–water partition coefficient (Wildman–Crippen LogP) is 2.58. The molecule has 0 fully saturated rings. The number of nitrogens with zero attached hydrogens (tertiary/aromatic N) is 1. The van der Waals surface area contributed by atoms with Crippen LogP contribution in [0.2, 0.25) is 0 Å². The minimum absolute atomic E-state index is 0.716. The molecular formula is C9H7BrN2. The SMILES string of the molecule is Nc1cncc2ccc(Br)cc12. The lowest BCUT2D eigenvalue weighted by atomic mass is 10.1. The van der Waals surface area contributed by atoms with E-state index < -0.39 is 0 Å². The lowest BCUT2D eigenvalue weighted by Crippen LogP contribution is -1.87. The van der Waals surface area contributed by atoms with Crippen molar-refractivity contribution in [2.24, 2.45) is 0 Å². The summed E-state index contributed by atoms with van der Waals surface area (Å²) in [5.41, 5.74) is 6.46. The van der Waals surface area contributed by atoms with Crippen molar-refractivity contribution >= 4 is 32.4 Å². The van der Waals surface area contributed by atoms with Crippen LogP contribution in [0.1, 0.15) is 0 Å². The summed E-state index contributed by atoms with van der Waals surface area (Å²) in [7, 11) is 0. The van der Waals surface area contributed by atoms with E-state index in [-0.39, 0.29) is 0 Å². The Morgan fingerprint density at radius 1 is 1.25 bits per heavy atom. The second-order valence-corrected chi connectivity index (χ2v) is 3.51. The van der Waals surface area contributed by atoms with E-state index in [4.69, 9.17) is 5.73 Å². The highest BCUT2D eigenvalue weighted by Crippen LogP contribution is 2.23. The monoisotopic (exact) mass is 222 g/mol. The summed E-state index contributed by atoms with van der Waals surface area (Å²) in [5.74, 6) is 0. The van der Waals surface area contributed by atoms with Gasteiger partial charge in [-0.2, -0.15) is 0 Å². The number of halogens is 1. The van der Waals surface area contributed by atoms with Crippen molar-refractivity contribution in [3.8, 4) is 0 Å². The molecule has 0 aliphatic carbocycles. The van der Waals surface area contributed by atoms with Crippen molar-refractivity contribution in [2.45, 2.75) is 0 Å². The van der Waals surface area contributed by atoms with Crippen molar-refractivity contribution in [3.05, 3.63) is 35.1 Å². The highest BCUT2D eigenvalue weighted by molar-refractivity contribution is 9.10. The van der Waals surface area contributed by atoms with Gasteiger partial charge in [0.05, 0.1) is 11.9 Å². The van der Waals surface area contributed by atoms with Crippen molar-refractivity contribution in [1.29, 1.82) is 0 Å². The Morgan fingerprint density at radius 2 is 2.08 bits per heavy atom. The van der Waals surface area contributed by atoms with Gasteiger partial charge in [-0.15, -0.1) is 0 Å². The molecule has 60 valence electrons. The van der Waals surface area contributed by atoms with E-state index in [0.717, 1.165) is 15.2 Å². The Bertz CT molecular complexity index is 426. The zero-order valence-corrected chi connectivity index (χ0v) is 7.88. The molecule has 0 saturated heterocycles. The van der Waals surface area contributed by atoms with Crippen LogP contribution < -0.4 is 5.73 Å². The Kier molecular flexibility index (Phi) is 1.73. The fourth-order valence-corrected chi connectivity index (χ4v) is 1.52. The summed E-state index contributed by atoms with van der Waals surface area (Å²) >= 11 is 3.39. The molecule has 1 aromatic carbocycles. The molecule has 0 spiro atoms. The van der Waals surface area contributed by atoms with E-state index in [2.05, 4.69) is 20.9 Å². The third-order valence-electron chi connectivity index (χ3n) is 1.75. The van der Waals surface area contributed by atoms with Gasteiger partial charge in [0.25, 0.3) is 0 Å². The molecule has 2 rings (SSSR count). The first-order valence-electron chi connectivity index (χ1n) is 3.56. The maximum Gasteiger partial charge on any atom is 0.0580 e. The van der Waals surface area contributed by atoms with Gasteiger partial charge in [0.15, 0.2) is 0 Å². The molecule has 0 aliphatic heterocycles. The maximum absolute atomic E-state index is 5.74. The average molecular weight is 223 g/mol. The quantitative estimate of drug-likeness (QED) is 0.745. The molecule has 0 amide bonds. The number of anilines is 1. The van der Waals surface area contributed by atoms with Crippen molar-refractivity contribution in [1.82, 2.24) is 4.98 Å². The predicted molar refractivity (Wildman–Crippen MR) is 53.9 cm³/mol. The third kappa shape index (κ3) is 1.16. The normalized spacial score (nSPS) is 10.4. The van der Waals surface area contributed by atoms with E-state index in [9.17, 15) is 0 Å². The van der Waals surface area contributed by atoms with Gasteiger partial charge in [-0.25, -0.2) is 0 Å². The standard InChI is InChI=1S/C9H7BrN2/c10-7-2-1-6-4-12-5-9(11)8(6)3-7/h1-5H,11H2. The first-order valence-corrected chi connectivity index (χ1v) is 4.35. The highest BCUT2D eigenvalue weighted by atomic mass is 79.9. The lowest BCUT2D eigenvalue weighted by molar-refractivity contribution is 1.36. The van der Waals surface area contributed by atoms with Gasteiger partial charge in [0, 0.05) is 21.4 Å². The first kappa shape index (κ1) is 7.55. The minimum Gasteiger partial charge on any atom is -0.397 e. The lowest BCUT2D eigenvalue weighted by Gasteiger charge is -2.00. The number of aromatic nitrogens is 1. The maximum atomic E-state index is 5.74. The molecule has 2 aromatic rings. The van der Waals surface area contributed by atoms with Crippen molar-refractivity contribution < 1.29 is 0 Å². The van der Waals surface area contributed by atoms with Crippen LogP contribution in [0.5, 0.6) is 0 Å². The van der Waals surface area contributed by atoms with Crippen LogP contribution in [0.4, 0.5) is 5.69 Å². The number of rotatable bonds is 0. The summed E-state index contributed by atoms with van der Waals surface area (Å²) in [6.07, 6.45) is 3.47. The van der Waals surface area contributed by atoms with Crippen LogP contribution in [0.15, 0.2) is 35.1 Å². The van der Waals surface area contributed by atoms with Gasteiger partial charge in [0.2, 0.25) is 0 Å². The molecule has 3 heteroatoms. The number of nitrogen functional groups attached to an aromatic ring is 1. The largest absolute Gasteiger partial charge is 0.397 e. The second-order valence-electron chi connectivity index (χ2n) is 2.59. The molecule has 2 N–H and O–H groups in total. The van der Waals surface area contributed by atoms with Crippen LogP contribution in [0.25, 0.3) is 10.8 Å². The van der Waals surface area contributed by atoms with Crippen molar-refractivity contribution in [3.63, 3.8) is 0 Å². The van der Waals surface area contributed by atoms with Gasteiger partial charge in [-0.1, -0.05) is 22.0 Å². The molecule has 1 heterocycles. The molecule has 0 unspecified atom stereocenters. The smallest absolute Gasteiger partial charge is 0.0580 e. The fourth-order valence-electron chi connectivity index (χ4n) is 1.16. The Balaban J connectivity index is 2.88. The number of hydrogen-bond acceptors (Lipinski definition) is 2. The first-order chi connectivity index (χ1) is 5.77. The second kappa shape index (κ2) is 2.75. The number of benzene rings is 1. The zero-order valence-electron chi connectivity index (χ0n) is 6.29. The molecule has 0 aliphatic rings. The van der Waals surface area contributed by atoms with E-state index in [1.807, 2.05) is 18.2 Å². The molecule has 0 atom stereocenters. The molecule has 0 bridgehead atoms. The van der Waals surface area contributed by atoms with Crippen molar-refractivity contribution in [2.75, 3.05) is 5.73 Å².